The number of nitrogens with zero attached hydrogens (tertiary/aromatic N) is 1. The lowest BCUT2D eigenvalue weighted by atomic mass is 9.92. The number of aryl methyl sites for hydroxylation is 1. The molecule has 2 aromatic heterocycles. The molecule has 0 saturated heterocycles. The van der Waals surface area contributed by atoms with Gasteiger partial charge in [-0.2, -0.15) is 0 Å². The Morgan fingerprint density at radius 1 is 0.893 bits per heavy atom. The summed E-state index contributed by atoms with van der Waals surface area (Å²) in [5.74, 6) is 0.268. The maximum absolute atomic E-state index is 14.1. The van der Waals surface area contributed by atoms with E-state index < -0.39 is 0 Å². The summed E-state index contributed by atoms with van der Waals surface area (Å²) in [6, 6.07) is 18.5. The van der Waals surface area contributed by atoms with Gasteiger partial charge in [-0.05, 0) is 59.5 Å². The van der Waals surface area contributed by atoms with E-state index in [-0.39, 0.29) is 5.82 Å². The van der Waals surface area contributed by atoms with Crippen molar-refractivity contribution < 1.29 is 4.39 Å². The van der Waals surface area contributed by atoms with E-state index in [2.05, 4.69) is 50.2 Å². The zero-order valence-corrected chi connectivity index (χ0v) is 16.9. The third-order valence-corrected chi connectivity index (χ3v) is 6.88. The smallest absolute Gasteiger partial charge is 0.127 e. The highest BCUT2D eigenvalue weighted by Gasteiger charge is 2.16. The van der Waals surface area contributed by atoms with Crippen LogP contribution in [0.4, 0.5) is 4.39 Å². The predicted molar refractivity (Wildman–Crippen MR) is 119 cm³/mol. The summed E-state index contributed by atoms with van der Waals surface area (Å²) >= 11 is 1.64. The summed E-state index contributed by atoms with van der Waals surface area (Å²) in [5.41, 5.74) is 4.14. The lowest BCUT2D eigenvalue weighted by molar-refractivity contribution is 0.621. The van der Waals surface area contributed by atoms with Crippen LogP contribution in [0.3, 0.4) is 0 Å². The van der Waals surface area contributed by atoms with Gasteiger partial charge in [0, 0.05) is 32.8 Å². The summed E-state index contributed by atoms with van der Waals surface area (Å²) < 4.78 is 16.2. The van der Waals surface area contributed by atoms with Crippen molar-refractivity contribution >= 4 is 42.3 Å². The molecular weight excluding hydrogens is 365 g/mol. The Labute approximate surface area is 167 Å². The molecule has 5 rings (SSSR count). The summed E-state index contributed by atoms with van der Waals surface area (Å²) in [6.45, 7) is 6.31. The first kappa shape index (κ1) is 17.3. The van der Waals surface area contributed by atoms with Gasteiger partial charge < -0.3 is 0 Å². The van der Waals surface area contributed by atoms with Gasteiger partial charge in [0.2, 0.25) is 0 Å². The van der Waals surface area contributed by atoms with E-state index >= 15 is 0 Å². The Balaban J connectivity index is 1.86. The minimum absolute atomic E-state index is 0.152. The number of hydrogen-bond acceptors (Lipinski definition) is 2. The minimum atomic E-state index is -0.152. The molecule has 0 spiro atoms. The quantitative estimate of drug-likeness (QED) is 0.301. The monoisotopic (exact) mass is 385 g/mol. The van der Waals surface area contributed by atoms with E-state index in [4.69, 9.17) is 4.98 Å². The van der Waals surface area contributed by atoms with E-state index in [1.165, 1.54) is 16.3 Å². The minimum Gasteiger partial charge on any atom is -0.255 e. The fraction of sp³-hybridized carbons (Fsp3) is 0.160. The Kier molecular flexibility index (Phi) is 3.95. The fourth-order valence-corrected chi connectivity index (χ4v) is 5.34. The van der Waals surface area contributed by atoms with E-state index in [1.54, 1.807) is 17.4 Å². The van der Waals surface area contributed by atoms with Crippen LogP contribution in [0.25, 0.3) is 42.2 Å². The molecule has 0 saturated carbocycles. The number of thiophene rings is 1. The molecule has 0 atom stereocenters. The zero-order chi connectivity index (χ0) is 19.4. The number of hydrogen-bond donors (Lipinski definition) is 0. The van der Waals surface area contributed by atoms with Gasteiger partial charge in [0.1, 0.15) is 5.82 Å². The van der Waals surface area contributed by atoms with Crippen molar-refractivity contribution in [2.45, 2.75) is 26.7 Å². The van der Waals surface area contributed by atoms with E-state index in [9.17, 15) is 4.39 Å². The van der Waals surface area contributed by atoms with Gasteiger partial charge >= 0.3 is 0 Å². The van der Waals surface area contributed by atoms with Crippen molar-refractivity contribution in [3.8, 4) is 11.3 Å². The van der Waals surface area contributed by atoms with Crippen molar-refractivity contribution in [2.75, 3.05) is 0 Å². The Morgan fingerprint density at radius 2 is 1.68 bits per heavy atom. The van der Waals surface area contributed by atoms with Gasteiger partial charge in [0.25, 0.3) is 0 Å². The van der Waals surface area contributed by atoms with Gasteiger partial charge in [-0.15, -0.1) is 11.3 Å². The van der Waals surface area contributed by atoms with Crippen molar-refractivity contribution in [3.63, 3.8) is 0 Å². The van der Waals surface area contributed by atoms with Crippen LogP contribution in [0, 0.1) is 12.7 Å². The highest BCUT2D eigenvalue weighted by atomic mass is 32.1. The molecular formula is C25H20FNS. The largest absolute Gasteiger partial charge is 0.255 e. The molecule has 0 amide bonds. The molecule has 0 radical (unpaired) electrons. The Hall–Kier alpha value is -2.78. The second-order valence-electron chi connectivity index (χ2n) is 7.63. The normalized spacial score (nSPS) is 11.9. The summed E-state index contributed by atoms with van der Waals surface area (Å²) in [5, 5.41) is 4.77. The Morgan fingerprint density at radius 3 is 2.50 bits per heavy atom. The molecule has 28 heavy (non-hydrogen) atoms. The third kappa shape index (κ3) is 2.54. The van der Waals surface area contributed by atoms with Crippen molar-refractivity contribution in [1.29, 1.82) is 0 Å². The number of fused-ring (bicyclic) bond motifs is 4. The molecule has 0 aliphatic carbocycles. The number of halogens is 1. The molecule has 0 fully saturated rings. The van der Waals surface area contributed by atoms with E-state index in [0.717, 1.165) is 31.4 Å². The average Bonchev–Trinajstić information content (AvgIpc) is 3.09. The van der Waals surface area contributed by atoms with Gasteiger partial charge in [-0.1, -0.05) is 38.1 Å². The first-order valence-corrected chi connectivity index (χ1v) is 10.4. The van der Waals surface area contributed by atoms with Crippen LogP contribution in [-0.2, 0) is 0 Å². The standard InChI is InChI=1S/C25H20FNS/c1-14(2)21-13-17(12-16-6-4-5-7-18(16)21)23-25-20(10-11-27-23)19-8-9-22(26)15(3)24(19)28-25/h4-14H,1-3H3. The fourth-order valence-electron chi connectivity index (χ4n) is 4.04. The second kappa shape index (κ2) is 6.39. The molecule has 2 heterocycles. The van der Waals surface area contributed by atoms with Crippen molar-refractivity contribution in [2.24, 2.45) is 0 Å². The van der Waals surface area contributed by atoms with Crippen molar-refractivity contribution in [1.82, 2.24) is 4.98 Å². The summed E-state index contributed by atoms with van der Waals surface area (Å²) in [7, 11) is 0. The molecule has 0 unspecified atom stereocenters. The molecule has 3 aromatic carbocycles. The lowest BCUT2D eigenvalue weighted by Gasteiger charge is -2.13. The molecule has 0 N–H and O–H groups in total. The predicted octanol–water partition coefficient (Wildman–Crippen LogP) is 7.84. The van der Waals surface area contributed by atoms with Crippen LogP contribution in [0.15, 0.2) is 60.8 Å². The lowest BCUT2D eigenvalue weighted by Crippen LogP contribution is -1.92. The van der Waals surface area contributed by atoms with Gasteiger partial charge in [-0.25, -0.2) is 4.39 Å². The number of aromatic nitrogens is 1. The molecule has 138 valence electrons. The third-order valence-electron chi connectivity index (χ3n) is 5.53. The number of pyridine rings is 1. The topological polar surface area (TPSA) is 12.9 Å². The Bertz CT molecular complexity index is 1360. The van der Waals surface area contributed by atoms with E-state index in [1.807, 2.05) is 25.3 Å². The molecule has 0 bridgehead atoms. The van der Waals surface area contributed by atoms with Gasteiger partial charge in [0.05, 0.1) is 10.4 Å². The first-order chi connectivity index (χ1) is 13.5. The van der Waals surface area contributed by atoms with E-state index in [0.29, 0.717) is 11.5 Å². The number of rotatable bonds is 2. The molecule has 3 heteroatoms. The van der Waals surface area contributed by atoms with Crippen LogP contribution in [0.2, 0.25) is 0 Å². The van der Waals surface area contributed by atoms with Crippen LogP contribution in [0.5, 0.6) is 0 Å². The molecule has 0 aliphatic rings. The molecule has 0 aliphatic heterocycles. The zero-order valence-electron chi connectivity index (χ0n) is 16.1. The van der Waals surface area contributed by atoms with Crippen LogP contribution < -0.4 is 0 Å². The average molecular weight is 386 g/mol. The number of benzene rings is 3. The second-order valence-corrected chi connectivity index (χ2v) is 8.65. The maximum atomic E-state index is 14.1. The summed E-state index contributed by atoms with van der Waals surface area (Å²) in [6.07, 6.45) is 1.87. The van der Waals surface area contributed by atoms with Gasteiger partial charge in [-0.3, -0.25) is 4.98 Å². The highest BCUT2D eigenvalue weighted by Crippen LogP contribution is 2.41. The van der Waals surface area contributed by atoms with Crippen LogP contribution in [-0.4, -0.2) is 4.98 Å². The van der Waals surface area contributed by atoms with Crippen LogP contribution in [0.1, 0.15) is 30.9 Å². The highest BCUT2D eigenvalue weighted by molar-refractivity contribution is 7.26. The molecule has 1 nitrogen and oxygen atoms in total. The summed E-state index contributed by atoms with van der Waals surface area (Å²) in [4.78, 5) is 4.75. The van der Waals surface area contributed by atoms with Crippen LogP contribution >= 0.6 is 11.3 Å². The van der Waals surface area contributed by atoms with Crippen molar-refractivity contribution in [3.05, 3.63) is 77.7 Å². The maximum Gasteiger partial charge on any atom is 0.127 e. The SMILES string of the molecule is Cc1c(F)ccc2c1sc1c(-c3cc(C(C)C)c4ccccc4c3)nccc12. The molecule has 5 aromatic rings. The first-order valence-electron chi connectivity index (χ1n) is 9.54. The van der Waals surface area contributed by atoms with Gasteiger partial charge in [0.15, 0.2) is 0 Å².